The smallest absolute Gasteiger partial charge is 0.266 e. The van der Waals surface area contributed by atoms with Crippen molar-refractivity contribution in [3.8, 4) is 5.75 Å². The second-order valence-corrected chi connectivity index (χ2v) is 5.32. The van der Waals surface area contributed by atoms with Crippen LogP contribution in [-0.4, -0.2) is 11.0 Å². The lowest BCUT2D eigenvalue weighted by molar-refractivity contribution is 0.103. The van der Waals surface area contributed by atoms with Crippen LogP contribution in [0.1, 0.15) is 15.2 Å². The molecule has 1 amide bonds. The van der Waals surface area contributed by atoms with Crippen molar-refractivity contribution < 1.29 is 9.90 Å². The standard InChI is InChI=1S/C12H10BrNO2S/c1-7-6-8(2-3-10(7)15)14-12(16)11-9(13)4-5-17-11/h2-6,15H,1H3,(H,14,16). The Morgan fingerprint density at radius 3 is 2.76 bits per heavy atom. The average molecular weight is 312 g/mol. The number of hydrogen-bond acceptors (Lipinski definition) is 3. The zero-order valence-corrected chi connectivity index (χ0v) is 11.4. The van der Waals surface area contributed by atoms with E-state index < -0.39 is 0 Å². The van der Waals surface area contributed by atoms with Gasteiger partial charge in [-0.2, -0.15) is 0 Å². The molecule has 0 saturated carbocycles. The van der Waals surface area contributed by atoms with Crippen molar-refractivity contribution in [1.29, 1.82) is 0 Å². The topological polar surface area (TPSA) is 49.3 Å². The summed E-state index contributed by atoms with van der Waals surface area (Å²) in [4.78, 5) is 12.5. The first kappa shape index (κ1) is 12.1. The van der Waals surface area contributed by atoms with Gasteiger partial charge in [0, 0.05) is 10.2 Å². The molecule has 0 spiro atoms. The zero-order valence-electron chi connectivity index (χ0n) is 9.03. The van der Waals surface area contributed by atoms with Crippen LogP contribution >= 0.6 is 27.3 Å². The number of carbonyl (C=O) groups excluding carboxylic acids is 1. The summed E-state index contributed by atoms with van der Waals surface area (Å²) in [6.07, 6.45) is 0. The van der Waals surface area contributed by atoms with Crippen molar-refractivity contribution in [1.82, 2.24) is 0 Å². The summed E-state index contributed by atoms with van der Waals surface area (Å²) in [5.74, 6) is 0.0669. The van der Waals surface area contributed by atoms with Crippen LogP contribution in [0, 0.1) is 6.92 Å². The van der Waals surface area contributed by atoms with Crippen molar-refractivity contribution >= 4 is 38.9 Å². The fraction of sp³-hybridized carbons (Fsp3) is 0.0833. The lowest BCUT2D eigenvalue weighted by Gasteiger charge is -2.06. The number of rotatable bonds is 2. The monoisotopic (exact) mass is 311 g/mol. The first-order valence-electron chi connectivity index (χ1n) is 4.92. The summed E-state index contributed by atoms with van der Waals surface area (Å²) in [6, 6.07) is 6.80. The quantitative estimate of drug-likeness (QED) is 0.829. The molecule has 2 aromatic rings. The van der Waals surface area contributed by atoms with Crippen molar-refractivity contribution in [3.05, 3.63) is 44.6 Å². The molecule has 0 aliphatic heterocycles. The van der Waals surface area contributed by atoms with E-state index in [0.29, 0.717) is 10.6 Å². The van der Waals surface area contributed by atoms with Crippen molar-refractivity contribution in [2.75, 3.05) is 5.32 Å². The molecule has 0 unspecified atom stereocenters. The number of aromatic hydroxyl groups is 1. The molecule has 5 heteroatoms. The van der Waals surface area contributed by atoms with Gasteiger partial charge in [-0.3, -0.25) is 4.79 Å². The van der Waals surface area contributed by atoms with E-state index in [1.807, 2.05) is 11.4 Å². The Morgan fingerprint density at radius 2 is 2.18 bits per heavy atom. The highest BCUT2D eigenvalue weighted by Crippen LogP contribution is 2.25. The van der Waals surface area contributed by atoms with Gasteiger partial charge in [-0.15, -0.1) is 11.3 Å². The van der Waals surface area contributed by atoms with Crippen LogP contribution in [0.4, 0.5) is 5.69 Å². The minimum Gasteiger partial charge on any atom is -0.508 e. The number of aryl methyl sites for hydroxylation is 1. The SMILES string of the molecule is Cc1cc(NC(=O)c2sccc2Br)ccc1O. The van der Waals surface area contributed by atoms with Gasteiger partial charge in [-0.25, -0.2) is 0 Å². The maximum absolute atomic E-state index is 11.9. The number of carbonyl (C=O) groups is 1. The molecule has 0 saturated heterocycles. The maximum Gasteiger partial charge on any atom is 0.266 e. The van der Waals surface area contributed by atoms with Crippen LogP contribution in [0.3, 0.4) is 0 Å². The Balaban J connectivity index is 2.19. The molecule has 88 valence electrons. The van der Waals surface area contributed by atoms with Gasteiger partial charge in [-0.05, 0) is 58.1 Å². The number of benzene rings is 1. The predicted octanol–water partition coefficient (Wildman–Crippen LogP) is 3.78. The Labute approximate surface area is 111 Å². The van der Waals surface area contributed by atoms with Crippen LogP contribution in [0.15, 0.2) is 34.1 Å². The van der Waals surface area contributed by atoms with Crippen LogP contribution < -0.4 is 5.32 Å². The third-order valence-corrected chi connectivity index (χ3v) is 4.11. The van der Waals surface area contributed by atoms with E-state index >= 15 is 0 Å². The number of phenolic OH excluding ortho intramolecular Hbond substituents is 1. The van der Waals surface area contributed by atoms with Gasteiger partial charge in [0.2, 0.25) is 0 Å². The average Bonchev–Trinajstić information content (AvgIpc) is 2.70. The van der Waals surface area contributed by atoms with E-state index in [2.05, 4.69) is 21.2 Å². The normalized spacial score (nSPS) is 10.2. The molecular weight excluding hydrogens is 302 g/mol. The second-order valence-electron chi connectivity index (χ2n) is 3.55. The van der Waals surface area contributed by atoms with Gasteiger partial charge in [0.15, 0.2) is 0 Å². The molecular formula is C12H10BrNO2S. The lowest BCUT2D eigenvalue weighted by atomic mass is 10.2. The molecule has 17 heavy (non-hydrogen) atoms. The van der Waals surface area contributed by atoms with Gasteiger partial charge in [-0.1, -0.05) is 0 Å². The van der Waals surface area contributed by atoms with E-state index in [-0.39, 0.29) is 11.7 Å². The molecule has 0 atom stereocenters. The Morgan fingerprint density at radius 1 is 1.41 bits per heavy atom. The highest BCUT2D eigenvalue weighted by molar-refractivity contribution is 9.10. The number of anilines is 1. The number of nitrogens with one attached hydrogen (secondary N) is 1. The van der Waals surface area contributed by atoms with Gasteiger partial charge in [0.1, 0.15) is 10.6 Å². The van der Waals surface area contributed by atoms with Gasteiger partial charge in [0.05, 0.1) is 0 Å². The minimum absolute atomic E-state index is 0.156. The molecule has 1 aromatic carbocycles. The van der Waals surface area contributed by atoms with Crippen molar-refractivity contribution in [2.24, 2.45) is 0 Å². The maximum atomic E-state index is 11.9. The van der Waals surface area contributed by atoms with Crippen LogP contribution in [0.2, 0.25) is 0 Å². The van der Waals surface area contributed by atoms with Crippen LogP contribution in [0.5, 0.6) is 5.75 Å². The summed E-state index contributed by atoms with van der Waals surface area (Å²) < 4.78 is 0.788. The largest absolute Gasteiger partial charge is 0.508 e. The lowest BCUT2D eigenvalue weighted by Crippen LogP contribution is -2.10. The minimum atomic E-state index is -0.156. The summed E-state index contributed by atoms with van der Waals surface area (Å²) in [5.41, 5.74) is 1.40. The fourth-order valence-corrected chi connectivity index (χ4v) is 2.82. The number of amides is 1. The van der Waals surface area contributed by atoms with E-state index in [9.17, 15) is 9.90 Å². The molecule has 2 N–H and O–H groups in total. The van der Waals surface area contributed by atoms with Gasteiger partial charge in [0.25, 0.3) is 5.91 Å². The third-order valence-electron chi connectivity index (χ3n) is 2.28. The summed E-state index contributed by atoms with van der Waals surface area (Å²) in [6.45, 7) is 1.78. The molecule has 1 heterocycles. The third kappa shape index (κ3) is 2.68. The number of phenols is 1. The van der Waals surface area contributed by atoms with Gasteiger partial charge >= 0.3 is 0 Å². The molecule has 0 bridgehead atoms. The van der Waals surface area contributed by atoms with Crippen LogP contribution in [0.25, 0.3) is 0 Å². The van der Waals surface area contributed by atoms with E-state index in [1.54, 1.807) is 25.1 Å². The summed E-state index contributed by atoms with van der Waals surface area (Å²) in [5, 5.41) is 14.0. The molecule has 1 aromatic heterocycles. The van der Waals surface area contributed by atoms with E-state index in [0.717, 1.165) is 10.0 Å². The summed E-state index contributed by atoms with van der Waals surface area (Å²) in [7, 11) is 0. The zero-order chi connectivity index (χ0) is 12.4. The first-order valence-corrected chi connectivity index (χ1v) is 6.59. The molecule has 0 radical (unpaired) electrons. The highest BCUT2D eigenvalue weighted by Gasteiger charge is 2.11. The van der Waals surface area contributed by atoms with E-state index in [1.165, 1.54) is 11.3 Å². The Kier molecular flexibility index (Phi) is 3.49. The molecule has 0 fully saturated rings. The molecule has 0 aliphatic carbocycles. The van der Waals surface area contributed by atoms with Crippen molar-refractivity contribution in [3.63, 3.8) is 0 Å². The van der Waals surface area contributed by atoms with E-state index in [4.69, 9.17) is 0 Å². The van der Waals surface area contributed by atoms with Crippen molar-refractivity contribution in [2.45, 2.75) is 6.92 Å². The fourth-order valence-electron chi connectivity index (χ4n) is 1.38. The van der Waals surface area contributed by atoms with Crippen LogP contribution in [-0.2, 0) is 0 Å². The molecule has 3 nitrogen and oxygen atoms in total. The number of hydrogen-bond donors (Lipinski definition) is 2. The predicted molar refractivity (Wildman–Crippen MR) is 72.8 cm³/mol. The molecule has 0 aliphatic rings. The number of thiophene rings is 1. The first-order chi connectivity index (χ1) is 8.08. The van der Waals surface area contributed by atoms with Gasteiger partial charge < -0.3 is 10.4 Å². The Bertz CT molecular complexity index is 565. The molecule has 2 rings (SSSR count). The highest BCUT2D eigenvalue weighted by atomic mass is 79.9. The second kappa shape index (κ2) is 4.89. The Hall–Kier alpha value is -1.33. The number of halogens is 1. The summed E-state index contributed by atoms with van der Waals surface area (Å²) >= 11 is 4.69.